The number of hydrogen-bond donors (Lipinski definition) is 5. The van der Waals surface area contributed by atoms with Gasteiger partial charge in [0.25, 0.3) is 0 Å². The number of fused-ring (bicyclic) bond motifs is 1. The lowest BCUT2D eigenvalue weighted by atomic mass is 9.75. The number of aromatic nitrogens is 1. The Morgan fingerprint density at radius 3 is 2.36 bits per heavy atom. The highest BCUT2D eigenvalue weighted by atomic mass is 16.6. The molecule has 1 aromatic heterocycles. The SMILES string of the molecule is CC(N)C(=O)NC(C)C(=O)Nc1cccnc1O[C@H]1Cc2ccccc2C[C@@]1(NC(=O)OC(C)(C)C)C(=O)O. The van der Waals surface area contributed by atoms with E-state index in [1.807, 2.05) is 12.1 Å². The van der Waals surface area contributed by atoms with E-state index in [2.05, 4.69) is 20.9 Å². The molecule has 1 heterocycles. The van der Waals surface area contributed by atoms with Crippen LogP contribution in [-0.2, 0) is 32.0 Å². The van der Waals surface area contributed by atoms with Crippen molar-refractivity contribution in [2.24, 2.45) is 5.73 Å². The van der Waals surface area contributed by atoms with Gasteiger partial charge in [-0.1, -0.05) is 24.3 Å². The summed E-state index contributed by atoms with van der Waals surface area (Å²) in [6.45, 7) is 8.00. The Hall–Kier alpha value is -4.19. The molecule has 2 unspecified atom stereocenters. The van der Waals surface area contributed by atoms with Gasteiger partial charge in [-0.25, -0.2) is 14.6 Å². The third-order valence-electron chi connectivity index (χ3n) is 6.10. The van der Waals surface area contributed by atoms with E-state index < -0.39 is 53.2 Å². The number of carbonyl (C=O) groups excluding carboxylic acids is 3. The van der Waals surface area contributed by atoms with Crippen LogP contribution in [0.15, 0.2) is 42.6 Å². The predicted octanol–water partition coefficient (Wildman–Crippen LogP) is 1.77. The van der Waals surface area contributed by atoms with Crippen LogP contribution in [0.25, 0.3) is 0 Å². The van der Waals surface area contributed by atoms with Gasteiger partial charge in [0.1, 0.15) is 23.4 Å². The molecule has 0 spiro atoms. The van der Waals surface area contributed by atoms with Gasteiger partial charge < -0.3 is 36.3 Å². The zero-order valence-electron chi connectivity index (χ0n) is 22.6. The number of nitrogens with zero attached hydrogens (tertiary/aromatic N) is 1. The van der Waals surface area contributed by atoms with Crippen LogP contribution in [0.5, 0.6) is 5.88 Å². The summed E-state index contributed by atoms with van der Waals surface area (Å²) in [4.78, 5) is 54.5. The van der Waals surface area contributed by atoms with Gasteiger partial charge in [-0.05, 0) is 57.9 Å². The van der Waals surface area contributed by atoms with Crippen molar-refractivity contribution in [3.63, 3.8) is 0 Å². The first-order chi connectivity index (χ1) is 18.2. The zero-order chi connectivity index (χ0) is 29.0. The fraction of sp³-hybridized carbons (Fsp3) is 0.444. The summed E-state index contributed by atoms with van der Waals surface area (Å²) in [6.07, 6.45) is -0.558. The maximum Gasteiger partial charge on any atom is 0.408 e. The van der Waals surface area contributed by atoms with E-state index in [1.165, 1.54) is 26.1 Å². The molecule has 210 valence electrons. The van der Waals surface area contributed by atoms with Crippen LogP contribution in [-0.4, -0.2) is 63.3 Å². The highest BCUT2D eigenvalue weighted by Gasteiger charge is 2.53. The predicted molar refractivity (Wildman–Crippen MR) is 142 cm³/mol. The van der Waals surface area contributed by atoms with E-state index in [9.17, 15) is 24.3 Å². The van der Waals surface area contributed by atoms with E-state index in [0.29, 0.717) is 0 Å². The number of hydrogen-bond acceptors (Lipinski definition) is 8. The normalized spacial score (nSPS) is 20.0. The van der Waals surface area contributed by atoms with Crippen molar-refractivity contribution in [1.29, 1.82) is 0 Å². The van der Waals surface area contributed by atoms with Gasteiger partial charge in [0.2, 0.25) is 17.7 Å². The van der Waals surface area contributed by atoms with Crippen LogP contribution in [0, 0.1) is 0 Å². The Morgan fingerprint density at radius 2 is 1.74 bits per heavy atom. The van der Waals surface area contributed by atoms with Gasteiger partial charge in [0, 0.05) is 19.0 Å². The lowest BCUT2D eigenvalue weighted by Crippen LogP contribution is -2.67. The summed E-state index contributed by atoms with van der Waals surface area (Å²) in [7, 11) is 0. The Balaban J connectivity index is 1.94. The number of aliphatic carboxylic acids is 1. The van der Waals surface area contributed by atoms with Crippen molar-refractivity contribution in [3.05, 3.63) is 53.7 Å². The molecule has 0 radical (unpaired) electrons. The minimum Gasteiger partial charge on any atom is -0.479 e. The third kappa shape index (κ3) is 7.23. The monoisotopic (exact) mass is 541 g/mol. The Kier molecular flexibility index (Phi) is 8.80. The maximum atomic E-state index is 12.8. The molecule has 39 heavy (non-hydrogen) atoms. The highest BCUT2D eigenvalue weighted by molar-refractivity contribution is 5.98. The summed E-state index contributed by atoms with van der Waals surface area (Å²) in [6, 6.07) is 8.64. The number of carboxylic acids is 1. The molecule has 0 fully saturated rings. The topological polar surface area (TPSA) is 182 Å². The molecule has 3 amide bonds. The van der Waals surface area contributed by atoms with Crippen molar-refractivity contribution in [2.75, 3.05) is 5.32 Å². The molecule has 4 atom stereocenters. The Morgan fingerprint density at radius 1 is 1.08 bits per heavy atom. The van der Waals surface area contributed by atoms with Crippen molar-refractivity contribution in [3.8, 4) is 5.88 Å². The van der Waals surface area contributed by atoms with Gasteiger partial charge in [-0.3, -0.25) is 9.59 Å². The third-order valence-corrected chi connectivity index (χ3v) is 6.10. The lowest BCUT2D eigenvalue weighted by molar-refractivity contribution is -0.150. The number of nitrogens with one attached hydrogen (secondary N) is 3. The molecule has 0 saturated heterocycles. The number of benzene rings is 1. The van der Waals surface area contributed by atoms with Crippen LogP contribution in [0.3, 0.4) is 0 Å². The summed E-state index contributed by atoms with van der Waals surface area (Å²) >= 11 is 0. The van der Waals surface area contributed by atoms with Crippen LogP contribution < -0.4 is 26.4 Å². The first-order valence-corrected chi connectivity index (χ1v) is 12.5. The van der Waals surface area contributed by atoms with Crippen molar-refractivity contribution in [2.45, 2.75) is 76.8 Å². The fourth-order valence-electron chi connectivity index (χ4n) is 4.10. The molecule has 6 N–H and O–H groups in total. The molecule has 1 aliphatic rings. The molecule has 0 bridgehead atoms. The number of anilines is 1. The summed E-state index contributed by atoms with van der Waals surface area (Å²) in [5.41, 5.74) is 4.52. The number of alkyl carbamates (subject to hydrolysis) is 1. The van der Waals surface area contributed by atoms with Gasteiger partial charge in [0.05, 0.1) is 6.04 Å². The van der Waals surface area contributed by atoms with Crippen molar-refractivity contribution in [1.82, 2.24) is 15.6 Å². The minimum atomic E-state index is -1.91. The summed E-state index contributed by atoms with van der Waals surface area (Å²) in [5.74, 6) is -2.44. The maximum absolute atomic E-state index is 12.8. The van der Waals surface area contributed by atoms with E-state index in [-0.39, 0.29) is 24.4 Å². The number of nitrogens with two attached hydrogens (primary N) is 1. The number of amides is 3. The number of ether oxygens (including phenoxy) is 2. The fourth-order valence-corrected chi connectivity index (χ4v) is 4.10. The quantitative estimate of drug-likeness (QED) is 0.332. The second kappa shape index (κ2) is 11.7. The summed E-state index contributed by atoms with van der Waals surface area (Å²) < 4.78 is 11.5. The van der Waals surface area contributed by atoms with Gasteiger partial charge >= 0.3 is 12.1 Å². The average Bonchev–Trinajstić information content (AvgIpc) is 2.83. The minimum absolute atomic E-state index is 0.0578. The second-order valence-electron chi connectivity index (χ2n) is 10.5. The van der Waals surface area contributed by atoms with Gasteiger partial charge in [0.15, 0.2) is 5.54 Å². The number of carbonyl (C=O) groups is 4. The van der Waals surface area contributed by atoms with Gasteiger partial charge in [-0.15, -0.1) is 0 Å². The second-order valence-corrected chi connectivity index (χ2v) is 10.5. The van der Waals surface area contributed by atoms with E-state index in [0.717, 1.165) is 11.1 Å². The summed E-state index contributed by atoms with van der Waals surface area (Å²) in [5, 5.41) is 18.1. The first kappa shape index (κ1) is 29.4. The molecule has 0 saturated carbocycles. The van der Waals surface area contributed by atoms with E-state index >= 15 is 0 Å². The van der Waals surface area contributed by atoms with Crippen molar-refractivity contribution >= 4 is 29.6 Å². The molecule has 1 aromatic carbocycles. The standard InChI is InChI=1S/C27H35N5O7/c1-15(28)21(33)30-16(2)22(34)31-19-11-8-12-29-23(19)38-20-13-17-9-6-7-10-18(17)14-27(20,24(35)36)32-25(37)39-26(3,4)5/h6-12,15-16,20H,13-14,28H2,1-5H3,(H,30,33)(H,31,34)(H,32,37)(H,35,36)/t15?,16?,20-,27-/m0/s1. The molecule has 3 rings (SSSR count). The van der Waals surface area contributed by atoms with E-state index in [1.54, 1.807) is 39.0 Å². The molecule has 1 aliphatic carbocycles. The Labute approximate surface area is 226 Å². The van der Waals surface area contributed by atoms with Crippen molar-refractivity contribution < 1.29 is 33.8 Å². The molecule has 12 heteroatoms. The molecule has 12 nitrogen and oxygen atoms in total. The lowest BCUT2D eigenvalue weighted by Gasteiger charge is -2.41. The van der Waals surface area contributed by atoms with Crippen LogP contribution in [0.2, 0.25) is 0 Å². The number of pyridine rings is 1. The number of rotatable bonds is 8. The van der Waals surface area contributed by atoms with Crippen LogP contribution in [0.1, 0.15) is 45.7 Å². The van der Waals surface area contributed by atoms with Gasteiger partial charge in [-0.2, -0.15) is 0 Å². The largest absolute Gasteiger partial charge is 0.479 e. The molecule has 2 aromatic rings. The van der Waals surface area contributed by atoms with Crippen LogP contribution >= 0.6 is 0 Å². The molecular weight excluding hydrogens is 506 g/mol. The van der Waals surface area contributed by atoms with Crippen LogP contribution in [0.4, 0.5) is 10.5 Å². The highest BCUT2D eigenvalue weighted by Crippen LogP contribution is 2.34. The Bertz CT molecular complexity index is 1240. The zero-order valence-corrected chi connectivity index (χ0v) is 22.6. The smallest absolute Gasteiger partial charge is 0.408 e. The average molecular weight is 542 g/mol. The molecular formula is C27H35N5O7. The van der Waals surface area contributed by atoms with E-state index in [4.69, 9.17) is 15.2 Å². The first-order valence-electron chi connectivity index (χ1n) is 12.5. The number of carboxylic acid groups (broad SMARTS) is 1. The molecule has 0 aliphatic heterocycles.